The normalized spacial score (nSPS) is 26.3. The van der Waals surface area contributed by atoms with Gasteiger partial charge in [-0.25, -0.2) is 8.78 Å². The number of ether oxygens (including phenoxy) is 1. The number of anilines is 1. The maximum atomic E-state index is 13.2. The van der Waals surface area contributed by atoms with Gasteiger partial charge in [0.1, 0.15) is 12.4 Å². The number of nitrogens with zero attached hydrogens (tertiary/aromatic N) is 1. The van der Waals surface area contributed by atoms with Crippen LogP contribution in [0.25, 0.3) is 0 Å². The number of benzene rings is 2. The number of carbonyl (C=O) groups is 1. The molecule has 1 spiro atoms. The molecule has 1 amide bonds. The lowest BCUT2D eigenvalue weighted by molar-refractivity contribution is -0.122. The number of halogens is 2. The van der Waals surface area contributed by atoms with Crippen molar-refractivity contribution < 1.29 is 28.0 Å². The van der Waals surface area contributed by atoms with E-state index in [0.717, 1.165) is 11.3 Å². The summed E-state index contributed by atoms with van der Waals surface area (Å²) in [5.41, 5.74) is 1.51. The third-order valence-electron chi connectivity index (χ3n) is 7.94. The van der Waals surface area contributed by atoms with Crippen molar-refractivity contribution >= 4 is 22.8 Å². The molecular weight excluding hydrogens is 474 g/mol. The van der Waals surface area contributed by atoms with E-state index >= 15 is 0 Å². The highest BCUT2D eigenvalue weighted by molar-refractivity contribution is 7.91. The van der Waals surface area contributed by atoms with Crippen molar-refractivity contribution in [2.45, 2.75) is 48.4 Å². The van der Waals surface area contributed by atoms with Gasteiger partial charge in [-0.15, -0.1) is 0 Å². The Balaban J connectivity index is 1.15. The number of aliphatic hydroxyl groups is 1. The van der Waals surface area contributed by atoms with E-state index in [9.17, 15) is 23.2 Å². The Kier molecular flexibility index (Phi) is 6.54. The molecule has 1 aliphatic carbocycles. The van der Waals surface area contributed by atoms with Crippen molar-refractivity contribution in [1.29, 1.82) is 0 Å². The van der Waals surface area contributed by atoms with Crippen LogP contribution in [-0.2, 0) is 26.1 Å². The number of amides is 1. The van der Waals surface area contributed by atoms with Crippen LogP contribution in [0.2, 0.25) is 0 Å². The first-order valence-electron chi connectivity index (χ1n) is 11.9. The van der Waals surface area contributed by atoms with Gasteiger partial charge in [-0.3, -0.25) is 9.69 Å². The fourth-order valence-electron chi connectivity index (χ4n) is 5.71. The van der Waals surface area contributed by atoms with Gasteiger partial charge in [0.05, 0.1) is 17.8 Å². The molecule has 2 aliphatic heterocycles. The summed E-state index contributed by atoms with van der Waals surface area (Å²) in [6.07, 6.45) is 0.912. The lowest BCUT2D eigenvalue weighted by Gasteiger charge is -2.44. The number of rotatable bonds is 7. The highest BCUT2D eigenvalue weighted by atomic mass is 32.2. The maximum Gasteiger partial charge on any atom is 0.263 e. The average molecular weight is 505 g/mol. The second-order valence-electron chi connectivity index (χ2n) is 9.87. The van der Waals surface area contributed by atoms with Crippen LogP contribution >= 0.6 is 0 Å². The quantitative estimate of drug-likeness (QED) is 0.562. The van der Waals surface area contributed by atoms with Gasteiger partial charge in [0.15, 0.2) is 4.75 Å². The van der Waals surface area contributed by atoms with E-state index < -0.39 is 33.9 Å². The zero-order valence-electron chi connectivity index (χ0n) is 19.6. The number of alkyl halides is 2. The Morgan fingerprint density at radius 1 is 1.20 bits per heavy atom. The van der Waals surface area contributed by atoms with Gasteiger partial charge < -0.3 is 19.7 Å². The van der Waals surface area contributed by atoms with Gasteiger partial charge in [0.2, 0.25) is 5.91 Å². The molecule has 5 rings (SSSR count). The summed E-state index contributed by atoms with van der Waals surface area (Å²) in [6.45, 7) is 2.54. The van der Waals surface area contributed by atoms with E-state index in [1.165, 1.54) is 12.1 Å². The maximum absolute atomic E-state index is 13.2. The van der Waals surface area contributed by atoms with E-state index in [1.807, 2.05) is 24.3 Å². The Bertz CT molecular complexity index is 1080. The number of piperidine rings is 1. The minimum absolute atomic E-state index is 0.0499. The molecule has 1 unspecified atom stereocenters. The van der Waals surface area contributed by atoms with Crippen molar-refractivity contribution in [2.75, 3.05) is 37.8 Å². The zero-order chi connectivity index (χ0) is 24.8. The summed E-state index contributed by atoms with van der Waals surface area (Å²) in [7, 11) is 0. The molecule has 1 atom stereocenters. The number of likely N-dealkylation sites (tertiary alicyclic amines) is 1. The molecule has 188 valence electrons. The lowest BCUT2D eigenvalue weighted by Crippen LogP contribution is -2.50. The second-order valence-corrected chi connectivity index (χ2v) is 11.6. The Hall–Kier alpha value is -2.20. The molecule has 1 saturated carbocycles. The standard InChI is InChI=1S/C26H30F2N2O4S/c1-35(33)26(15-19(31)16-26)18-3-5-20(6-4-18)34-13-12-30-10-8-25(9-11-30)21-14-17(23(27)28)2-7-22(21)29-24(25)32/h2-7,14,19,23,31H,8-13,15-16H2,1H3,(H,29,32). The van der Waals surface area contributed by atoms with Crippen LogP contribution in [0.4, 0.5) is 14.5 Å². The molecule has 9 heteroatoms. The van der Waals surface area contributed by atoms with Crippen LogP contribution in [0.15, 0.2) is 42.5 Å². The first-order chi connectivity index (χ1) is 16.7. The molecule has 0 bridgehead atoms. The lowest BCUT2D eigenvalue weighted by atomic mass is 9.73. The van der Waals surface area contributed by atoms with Crippen molar-refractivity contribution in [2.24, 2.45) is 0 Å². The third-order valence-corrected chi connectivity index (χ3v) is 9.61. The molecule has 2 fully saturated rings. The molecule has 2 heterocycles. The number of hydrogen-bond acceptors (Lipinski definition) is 5. The van der Waals surface area contributed by atoms with E-state index in [0.29, 0.717) is 63.2 Å². The van der Waals surface area contributed by atoms with Gasteiger partial charge >= 0.3 is 0 Å². The first kappa shape index (κ1) is 24.5. The molecule has 3 aliphatic rings. The summed E-state index contributed by atoms with van der Waals surface area (Å²) in [4.78, 5) is 15.0. The van der Waals surface area contributed by atoms with Gasteiger partial charge in [0, 0.05) is 36.2 Å². The van der Waals surface area contributed by atoms with Crippen molar-refractivity contribution in [1.82, 2.24) is 4.90 Å². The Morgan fingerprint density at radius 3 is 2.49 bits per heavy atom. The average Bonchev–Trinajstić information content (AvgIpc) is 3.08. The minimum Gasteiger partial charge on any atom is -0.616 e. The van der Waals surface area contributed by atoms with Gasteiger partial charge in [-0.2, -0.15) is 0 Å². The van der Waals surface area contributed by atoms with Crippen molar-refractivity contribution in [3.8, 4) is 5.75 Å². The van der Waals surface area contributed by atoms with Gasteiger partial charge in [0.25, 0.3) is 6.43 Å². The molecule has 0 radical (unpaired) electrons. The number of aliphatic hydroxyl groups excluding tert-OH is 1. The van der Waals surface area contributed by atoms with E-state index in [1.54, 1.807) is 12.3 Å². The summed E-state index contributed by atoms with van der Waals surface area (Å²) in [5, 5.41) is 12.6. The smallest absolute Gasteiger partial charge is 0.263 e. The predicted molar refractivity (Wildman–Crippen MR) is 130 cm³/mol. The van der Waals surface area contributed by atoms with E-state index in [4.69, 9.17) is 4.74 Å². The van der Waals surface area contributed by atoms with Gasteiger partial charge in [-0.1, -0.05) is 18.2 Å². The topological polar surface area (TPSA) is 84.9 Å². The summed E-state index contributed by atoms with van der Waals surface area (Å²) >= 11 is -1.07. The molecule has 35 heavy (non-hydrogen) atoms. The number of nitrogens with one attached hydrogen (secondary N) is 1. The SMILES string of the molecule is C[S+]([O-])C1(c2ccc(OCCN3CCC4(CC3)C(=O)Nc3ccc(C(F)F)cc34)cc2)CC(O)C1. The van der Waals surface area contributed by atoms with Crippen molar-refractivity contribution in [3.05, 3.63) is 59.2 Å². The second kappa shape index (κ2) is 9.35. The fourth-order valence-corrected chi connectivity index (χ4v) is 7.03. The van der Waals surface area contributed by atoms with Gasteiger partial charge in [-0.05, 0) is 66.9 Å². The van der Waals surface area contributed by atoms with Crippen LogP contribution < -0.4 is 10.1 Å². The monoisotopic (exact) mass is 504 g/mol. The summed E-state index contributed by atoms with van der Waals surface area (Å²) < 4.78 is 44.2. The minimum atomic E-state index is -2.56. The number of carbonyl (C=O) groups excluding carboxylic acids is 1. The van der Waals surface area contributed by atoms with Crippen LogP contribution in [0.3, 0.4) is 0 Å². The molecule has 1 saturated heterocycles. The molecular formula is C26H30F2N2O4S. The van der Waals surface area contributed by atoms with Crippen LogP contribution in [0.1, 0.15) is 48.8 Å². The predicted octanol–water partition coefficient (Wildman–Crippen LogP) is 3.72. The first-order valence-corrected chi connectivity index (χ1v) is 13.5. The highest BCUT2D eigenvalue weighted by Gasteiger charge is 2.53. The largest absolute Gasteiger partial charge is 0.616 e. The van der Waals surface area contributed by atoms with Crippen LogP contribution in [0.5, 0.6) is 5.75 Å². The number of hydrogen-bond donors (Lipinski definition) is 2. The summed E-state index contributed by atoms with van der Waals surface area (Å²) in [5.74, 6) is 0.627. The highest BCUT2D eigenvalue weighted by Crippen LogP contribution is 2.48. The molecule has 6 nitrogen and oxygen atoms in total. The number of fused-ring (bicyclic) bond motifs is 2. The Labute approximate surface area is 206 Å². The van der Waals surface area contributed by atoms with Crippen LogP contribution in [-0.4, -0.2) is 59.1 Å². The molecule has 2 aromatic rings. The van der Waals surface area contributed by atoms with Crippen molar-refractivity contribution in [3.63, 3.8) is 0 Å². The zero-order valence-corrected chi connectivity index (χ0v) is 20.5. The summed E-state index contributed by atoms with van der Waals surface area (Å²) in [6, 6.07) is 12.1. The molecule has 0 aromatic heterocycles. The molecule has 2 N–H and O–H groups in total. The van der Waals surface area contributed by atoms with E-state index in [-0.39, 0.29) is 11.5 Å². The third kappa shape index (κ3) is 4.33. The van der Waals surface area contributed by atoms with Crippen LogP contribution in [0, 0.1) is 0 Å². The van der Waals surface area contributed by atoms with E-state index in [2.05, 4.69) is 10.2 Å². The Morgan fingerprint density at radius 2 is 1.89 bits per heavy atom. The molecule has 2 aromatic carbocycles. The fraction of sp³-hybridized carbons (Fsp3) is 0.500.